The second-order valence-corrected chi connectivity index (χ2v) is 5.08. The Balaban J connectivity index is 2.26. The lowest BCUT2D eigenvalue weighted by molar-refractivity contribution is 0.379. The Labute approximate surface area is 121 Å². The van der Waals surface area contributed by atoms with Crippen LogP contribution in [0.1, 0.15) is 18.5 Å². The summed E-state index contributed by atoms with van der Waals surface area (Å²) < 4.78 is 12.0. The van der Waals surface area contributed by atoms with Crippen LogP contribution in [0, 0.1) is 0 Å². The number of hydrogen-bond acceptors (Lipinski definition) is 3. The third kappa shape index (κ3) is 3.28. The van der Waals surface area contributed by atoms with Gasteiger partial charge in [0.05, 0.1) is 7.11 Å². The summed E-state index contributed by atoms with van der Waals surface area (Å²) in [4.78, 5) is 0. The number of nitrogens with two attached hydrogens (primary N) is 1. The molecule has 0 heterocycles. The first-order valence-corrected chi connectivity index (χ1v) is 6.77. The van der Waals surface area contributed by atoms with E-state index in [1.54, 1.807) is 7.11 Å². The molecule has 0 saturated heterocycles. The molecule has 2 aromatic carbocycles. The van der Waals surface area contributed by atoms with Gasteiger partial charge in [-0.05, 0) is 36.8 Å². The van der Waals surface area contributed by atoms with Gasteiger partial charge in [0, 0.05) is 10.5 Å². The first-order chi connectivity index (χ1) is 9.11. The average Bonchev–Trinajstić information content (AvgIpc) is 2.39. The van der Waals surface area contributed by atoms with Crippen molar-refractivity contribution in [2.24, 2.45) is 5.73 Å². The van der Waals surface area contributed by atoms with Crippen LogP contribution in [0.25, 0.3) is 0 Å². The lowest BCUT2D eigenvalue weighted by atomic mass is 10.1. The van der Waals surface area contributed by atoms with Crippen LogP contribution in [-0.2, 0) is 0 Å². The zero-order valence-electron chi connectivity index (χ0n) is 10.9. The molecule has 0 aromatic heterocycles. The Hall–Kier alpha value is -1.52. The van der Waals surface area contributed by atoms with Crippen LogP contribution in [0.4, 0.5) is 0 Å². The Kier molecular flexibility index (Phi) is 4.45. The van der Waals surface area contributed by atoms with Crippen molar-refractivity contribution in [2.45, 2.75) is 13.0 Å². The van der Waals surface area contributed by atoms with E-state index in [4.69, 9.17) is 15.2 Å². The molecule has 2 rings (SSSR count). The highest BCUT2D eigenvalue weighted by Crippen LogP contribution is 2.33. The molecule has 2 N–H and O–H groups in total. The summed E-state index contributed by atoms with van der Waals surface area (Å²) >= 11 is 3.51. The maximum atomic E-state index is 5.87. The van der Waals surface area contributed by atoms with Gasteiger partial charge in [-0.1, -0.05) is 34.1 Å². The predicted octanol–water partition coefficient (Wildman–Crippen LogP) is 4.27. The topological polar surface area (TPSA) is 44.5 Å². The molecule has 0 aliphatic rings. The molecule has 0 amide bonds. The number of para-hydroxylation sites is 2. The molecule has 0 aliphatic carbocycles. The fourth-order valence-electron chi connectivity index (χ4n) is 1.77. The quantitative estimate of drug-likeness (QED) is 0.914. The fourth-order valence-corrected chi connectivity index (χ4v) is 2.49. The van der Waals surface area contributed by atoms with Gasteiger partial charge in [0.25, 0.3) is 0 Å². The van der Waals surface area contributed by atoms with Crippen LogP contribution in [0.2, 0.25) is 0 Å². The highest BCUT2D eigenvalue weighted by molar-refractivity contribution is 9.10. The summed E-state index contributed by atoms with van der Waals surface area (Å²) in [5.41, 5.74) is 6.92. The van der Waals surface area contributed by atoms with E-state index in [0.717, 1.165) is 15.8 Å². The fraction of sp³-hybridized carbons (Fsp3) is 0.200. The highest BCUT2D eigenvalue weighted by atomic mass is 79.9. The van der Waals surface area contributed by atoms with Gasteiger partial charge in [-0.25, -0.2) is 0 Å². The maximum absolute atomic E-state index is 5.87. The number of benzene rings is 2. The second-order valence-electron chi connectivity index (χ2n) is 4.22. The molecule has 0 radical (unpaired) electrons. The molecule has 0 aliphatic heterocycles. The molecular formula is C15H16BrNO2. The molecule has 0 saturated carbocycles. The lowest BCUT2D eigenvalue weighted by Crippen LogP contribution is -2.05. The van der Waals surface area contributed by atoms with Gasteiger partial charge in [0.15, 0.2) is 11.5 Å². The number of methoxy groups -OCH3 is 1. The van der Waals surface area contributed by atoms with E-state index in [1.165, 1.54) is 0 Å². The first-order valence-electron chi connectivity index (χ1n) is 5.97. The summed E-state index contributed by atoms with van der Waals surface area (Å²) in [7, 11) is 1.62. The monoisotopic (exact) mass is 321 g/mol. The van der Waals surface area contributed by atoms with Crippen molar-refractivity contribution in [3.8, 4) is 17.2 Å². The maximum Gasteiger partial charge on any atom is 0.169 e. The molecule has 19 heavy (non-hydrogen) atoms. The standard InChI is InChI=1S/C15H16BrNO2/c1-10(17)12-8-7-11(9-13(12)16)19-15-6-4-3-5-14(15)18-2/h3-10H,17H2,1-2H3. The van der Waals surface area contributed by atoms with Gasteiger partial charge in [-0.2, -0.15) is 0 Å². The highest BCUT2D eigenvalue weighted by Gasteiger charge is 2.08. The van der Waals surface area contributed by atoms with Crippen LogP contribution < -0.4 is 15.2 Å². The number of halogens is 1. The van der Waals surface area contributed by atoms with Crippen molar-refractivity contribution in [2.75, 3.05) is 7.11 Å². The van der Waals surface area contributed by atoms with E-state index in [0.29, 0.717) is 11.5 Å². The van der Waals surface area contributed by atoms with Crippen LogP contribution >= 0.6 is 15.9 Å². The van der Waals surface area contributed by atoms with Crippen LogP contribution in [0.3, 0.4) is 0 Å². The van der Waals surface area contributed by atoms with Crippen molar-refractivity contribution in [1.29, 1.82) is 0 Å². The molecule has 100 valence electrons. The minimum atomic E-state index is -0.0188. The van der Waals surface area contributed by atoms with Gasteiger partial charge in [0.2, 0.25) is 0 Å². The van der Waals surface area contributed by atoms with Crippen LogP contribution in [0.5, 0.6) is 17.2 Å². The van der Waals surface area contributed by atoms with E-state index in [9.17, 15) is 0 Å². The van der Waals surface area contributed by atoms with Crippen molar-refractivity contribution >= 4 is 15.9 Å². The summed E-state index contributed by atoms with van der Waals surface area (Å²) in [6.45, 7) is 1.95. The van der Waals surface area contributed by atoms with Crippen molar-refractivity contribution in [3.05, 3.63) is 52.5 Å². The summed E-state index contributed by atoms with van der Waals surface area (Å²) in [5.74, 6) is 2.13. The molecule has 2 aromatic rings. The summed E-state index contributed by atoms with van der Waals surface area (Å²) in [6.07, 6.45) is 0. The van der Waals surface area contributed by atoms with E-state index in [2.05, 4.69) is 15.9 Å². The van der Waals surface area contributed by atoms with Gasteiger partial charge < -0.3 is 15.2 Å². The van der Waals surface area contributed by atoms with Gasteiger partial charge in [0.1, 0.15) is 5.75 Å². The Morgan fingerprint density at radius 1 is 1.11 bits per heavy atom. The van der Waals surface area contributed by atoms with Gasteiger partial charge >= 0.3 is 0 Å². The molecule has 0 spiro atoms. The normalized spacial score (nSPS) is 12.0. The third-order valence-electron chi connectivity index (χ3n) is 2.76. The van der Waals surface area contributed by atoms with E-state index >= 15 is 0 Å². The minimum absolute atomic E-state index is 0.0188. The molecule has 4 heteroatoms. The average molecular weight is 322 g/mol. The Bertz CT molecular complexity index is 570. The second kappa shape index (κ2) is 6.08. The molecule has 1 unspecified atom stereocenters. The van der Waals surface area contributed by atoms with Crippen molar-refractivity contribution in [3.63, 3.8) is 0 Å². The van der Waals surface area contributed by atoms with Gasteiger partial charge in [-0.3, -0.25) is 0 Å². The predicted molar refractivity (Wildman–Crippen MR) is 79.8 cm³/mol. The zero-order valence-corrected chi connectivity index (χ0v) is 12.5. The lowest BCUT2D eigenvalue weighted by Gasteiger charge is -2.13. The molecular weight excluding hydrogens is 306 g/mol. The SMILES string of the molecule is COc1ccccc1Oc1ccc(C(C)N)c(Br)c1. The smallest absolute Gasteiger partial charge is 0.169 e. The number of hydrogen-bond donors (Lipinski definition) is 1. The van der Waals surface area contributed by atoms with E-state index in [1.807, 2.05) is 49.4 Å². The molecule has 1 atom stereocenters. The Morgan fingerprint density at radius 3 is 2.37 bits per heavy atom. The van der Waals surface area contributed by atoms with Crippen LogP contribution in [0.15, 0.2) is 46.9 Å². The summed E-state index contributed by atoms with van der Waals surface area (Å²) in [6, 6.07) is 13.3. The van der Waals surface area contributed by atoms with Crippen molar-refractivity contribution < 1.29 is 9.47 Å². The van der Waals surface area contributed by atoms with E-state index in [-0.39, 0.29) is 6.04 Å². The Morgan fingerprint density at radius 2 is 1.79 bits per heavy atom. The van der Waals surface area contributed by atoms with Crippen LogP contribution in [-0.4, -0.2) is 7.11 Å². The summed E-state index contributed by atoms with van der Waals surface area (Å²) in [5, 5.41) is 0. The largest absolute Gasteiger partial charge is 0.493 e. The van der Waals surface area contributed by atoms with Crippen molar-refractivity contribution in [1.82, 2.24) is 0 Å². The molecule has 0 bridgehead atoms. The number of ether oxygens (including phenoxy) is 2. The van der Waals surface area contributed by atoms with Gasteiger partial charge in [-0.15, -0.1) is 0 Å². The third-order valence-corrected chi connectivity index (χ3v) is 3.45. The molecule has 0 fully saturated rings. The zero-order chi connectivity index (χ0) is 13.8. The number of rotatable bonds is 4. The van der Waals surface area contributed by atoms with E-state index < -0.39 is 0 Å². The minimum Gasteiger partial charge on any atom is -0.493 e. The first kappa shape index (κ1) is 13.9. The molecule has 3 nitrogen and oxygen atoms in total.